The fourth-order valence-electron chi connectivity index (χ4n) is 1.85. The van der Waals surface area contributed by atoms with E-state index < -0.39 is 29.0 Å². The van der Waals surface area contributed by atoms with E-state index in [1.54, 1.807) is 20.8 Å². The summed E-state index contributed by atoms with van der Waals surface area (Å²) in [5, 5.41) is 11.6. The molecule has 0 aliphatic rings. The summed E-state index contributed by atoms with van der Waals surface area (Å²) in [5.74, 6) is -3.48. The number of nitrogens with one attached hydrogen (secondary N) is 1. The SMILES string of the molecule is COc1cc(F)ccc1NC(=O)C(C(=O)O)C(C)(C)C. The zero-order valence-corrected chi connectivity index (χ0v) is 11.9. The number of rotatable bonds is 4. The van der Waals surface area contributed by atoms with Crippen LogP contribution in [0, 0.1) is 17.2 Å². The Hall–Kier alpha value is -2.11. The molecule has 20 heavy (non-hydrogen) atoms. The van der Waals surface area contributed by atoms with Gasteiger partial charge in [-0.3, -0.25) is 9.59 Å². The Morgan fingerprint density at radius 3 is 2.40 bits per heavy atom. The van der Waals surface area contributed by atoms with Crippen LogP contribution in [0.2, 0.25) is 0 Å². The highest BCUT2D eigenvalue weighted by Crippen LogP contribution is 2.30. The maximum absolute atomic E-state index is 13.1. The van der Waals surface area contributed by atoms with Crippen molar-refractivity contribution < 1.29 is 23.8 Å². The molecule has 0 aliphatic heterocycles. The monoisotopic (exact) mass is 283 g/mol. The predicted molar refractivity (Wildman–Crippen MR) is 72.2 cm³/mol. The van der Waals surface area contributed by atoms with Gasteiger partial charge in [-0.2, -0.15) is 0 Å². The number of methoxy groups -OCH3 is 1. The molecular formula is C14H18FNO4. The van der Waals surface area contributed by atoms with Crippen LogP contribution in [0.3, 0.4) is 0 Å². The molecule has 0 bridgehead atoms. The van der Waals surface area contributed by atoms with Crippen LogP contribution >= 0.6 is 0 Å². The van der Waals surface area contributed by atoms with E-state index in [1.165, 1.54) is 13.2 Å². The van der Waals surface area contributed by atoms with Crippen LogP contribution in [0.15, 0.2) is 18.2 Å². The van der Waals surface area contributed by atoms with Gasteiger partial charge in [-0.05, 0) is 17.5 Å². The van der Waals surface area contributed by atoms with E-state index in [1.807, 2.05) is 0 Å². The first-order valence-corrected chi connectivity index (χ1v) is 6.04. The number of carbonyl (C=O) groups is 2. The van der Waals surface area contributed by atoms with Crippen LogP contribution in [0.25, 0.3) is 0 Å². The minimum atomic E-state index is -1.22. The van der Waals surface area contributed by atoms with Crippen LogP contribution < -0.4 is 10.1 Å². The second-order valence-electron chi connectivity index (χ2n) is 5.47. The third kappa shape index (κ3) is 3.69. The van der Waals surface area contributed by atoms with Crippen molar-refractivity contribution in [2.75, 3.05) is 12.4 Å². The van der Waals surface area contributed by atoms with Gasteiger partial charge in [0.15, 0.2) is 0 Å². The molecule has 0 heterocycles. The lowest BCUT2D eigenvalue weighted by molar-refractivity contribution is -0.149. The number of hydrogen-bond acceptors (Lipinski definition) is 3. The fourth-order valence-corrected chi connectivity index (χ4v) is 1.85. The molecule has 0 aromatic heterocycles. The Bertz CT molecular complexity index is 522. The van der Waals surface area contributed by atoms with Crippen molar-refractivity contribution in [3.63, 3.8) is 0 Å². The summed E-state index contributed by atoms with van der Waals surface area (Å²) >= 11 is 0. The highest BCUT2D eigenvalue weighted by atomic mass is 19.1. The number of anilines is 1. The number of carboxylic acids is 1. The van der Waals surface area contributed by atoms with Gasteiger partial charge in [-0.25, -0.2) is 4.39 Å². The van der Waals surface area contributed by atoms with Gasteiger partial charge in [-0.15, -0.1) is 0 Å². The summed E-state index contributed by atoms with van der Waals surface area (Å²) in [7, 11) is 1.34. The molecule has 1 amide bonds. The Morgan fingerprint density at radius 1 is 1.35 bits per heavy atom. The van der Waals surface area contributed by atoms with Crippen LogP contribution in [-0.2, 0) is 9.59 Å². The maximum Gasteiger partial charge on any atom is 0.316 e. The highest BCUT2D eigenvalue weighted by molar-refractivity contribution is 6.05. The quantitative estimate of drug-likeness (QED) is 0.832. The molecule has 1 aromatic carbocycles. The molecule has 2 N–H and O–H groups in total. The van der Waals surface area contributed by atoms with Crippen LogP contribution in [0.4, 0.5) is 10.1 Å². The van der Waals surface area contributed by atoms with Gasteiger partial charge in [0.05, 0.1) is 12.8 Å². The fraction of sp³-hybridized carbons (Fsp3) is 0.429. The summed E-state index contributed by atoms with van der Waals surface area (Å²) in [4.78, 5) is 23.3. The van der Waals surface area contributed by atoms with Gasteiger partial charge in [0.2, 0.25) is 5.91 Å². The standard InChI is InChI=1S/C14H18FNO4/c1-14(2,3)11(13(18)19)12(17)16-9-6-5-8(15)7-10(9)20-4/h5-7,11H,1-4H3,(H,16,17)(H,18,19). The van der Waals surface area contributed by atoms with Crippen molar-refractivity contribution in [1.82, 2.24) is 0 Å². The molecule has 6 heteroatoms. The molecule has 110 valence electrons. The van der Waals surface area contributed by atoms with Crippen LogP contribution in [0.1, 0.15) is 20.8 Å². The van der Waals surface area contributed by atoms with Crippen molar-refractivity contribution in [1.29, 1.82) is 0 Å². The molecule has 1 unspecified atom stereocenters. The van der Waals surface area contributed by atoms with Crippen molar-refractivity contribution in [2.45, 2.75) is 20.8 Å². The number of amides is 1. The Labute approximate surface area is 116 Å². The number of carboxylic acid groups (broad SMARTS) is 1. The summed E-state index contributed by atoms with van der Waals surface area (Å²) < 4.78 is 18.0. The number of carbonyl (C=O) groups excluding carboxylic acids is 1. The zero-order valence-electron chi connectivity index (χ0n) is 11.9. The average molecular weight is 283 g/mol. The van der Waals surface area contributed by atoms with Crippen molar-refractivity contribution in [3.8, 4) is 5.75 Å². The minimum absolute atomic E-state index is 0.136. The van der Waals surface area contributed by atoms with E-state index >= 15 is 0 Å². The first-order chi connectivity index (χ1) is 9.16. The largest absolute Gasteiger partial charge is 0.494 e. The van der Waals surface area contributed by atoms with Gasteiger partial charge in [-0.1, -0.05) is 20.8 Å². The number of benzene rings is 1. The molecular weight excluding hydrogens is 265 g/mol. The molecule has 1 rings (SSSR count). The highest BCUT2D eigenvalue weighted by Gasteiger charge is 2.37. The lowest BCUT2D eigenvalue weighted by Gasteiger charge is -2.26. The van der Waals surface area contributed by atoms with E-state index in [0.717, 1.165) is 12.1 Å². The maximum atomic E-state index is 13.1. The summed E-state index contributed by atoms with van der Waals surface area (Å²) in [5.41, 5.74) is -0.516. The number of halogens is 1. The molecule has 0 aliphatic carbocycles. The van der Waals surface area contributed by atoms with Gasteiger partial charge in [0.25, 0.3) is 0 Å². The Morgan fingerprint density at radius 2 is 1.95 bits per heavy atom. The van der Waals surface area contributed by atoms with E-state index in [-0.39, 0.29) is 11.4 Å². The first-order valence-electron chi connectivity index (χ1n) is 6.04. The van der Waals surface area contributed by atoms with E-state index in [0.29, 0.717) is 0 Å². The minimum Gasteiger partial charge on any atom is -0.494 e. The van der Waals surface area contributed by atoms with Gasteiger partial charge in [0.1, 0.15) is 17.5 Å². The normalized spacial score (nSPS) is 12.7. The molecule has 0 fully saturated rings. The molecule has 0 spiro atoms. The van der Waals surface area contributed by atoms with Crippen LogP contribution in [0.5, 0.6) is 5.75 Å². The summed E-state index contributed by atoms with van der Waals surface area (Å²) in [6, 6.07) is 3.60. The number of hydrogen-bond donors (Lipinski definition) is 2. The third-order valence-corrected chi connectivity index (χ3v) is 2.80. The van der Waals surface area contributed by atoms with Crippen molar-refractivity contribution >= 4 is 17.6 Å². The van der Waals surface area contributed by atoms with Crippen molar-refractivity contribution in [2.24, 2.45) is 11.3 Å². The van der Waals surface area contributed by atoms with Crippen molar-refractivity contribution in [3.05, 3.63) is 24.0 Å². The number of ether oxygens (including phenoxy) is 1. The number of aliphatic carboxylic acids is 1. The second kappa shape index (κ2) is 5.90. The predicted octanol–water partition coefficient (Wildman–Crippen LogP) is 2.52. The molecule has 0 saturated carbocycles. The topological polar surface area (TPSA) is 75.6 Å². The van der Waals surface area contributed by atoms with Gasteiger partial charge in [0, 0.05) is 6.07 Å². The first kappa shape index (κ1) is 15.9. The molecule has 1 atom stereocenters. The molecule has 1 aromatic rings. The lowest BCUT2D eigenvalue weighted by atomic mass is 9.80. The molecule has 0 saturated heterocycles. The van der Waals surface area contributed by atoms with E-state index in [4.69, 9.17) is 4.74 Å². The van der Waals surface area contributed by atoms with Crippen LogP contribution in [-0.4, -0.2) is 24.1 Å². The second-order valence-corrected chi connectivity index (χ2v) is 5.47. The van der Waals surface area contributed by atoms with Gasteiger partial charge >= 0.3 is 5.97 Å². The third-order valence-electron chi connectivity index (χ3n) is 2.80. The van der Waals surface area contributed by atoms with Gasteiger partial charge < -0.3 is 15.2 Å². The average Bonchev–Trinajstić information content (AvgIpc) is 2.28. The Balaban J connectivity index is 3.03. The summed E-state index contributed by atoms with van der Waals surface area (Å²) in [6.07, 6.45) is 0. The zero-order chi connectivity index (χ0) is 15.5. The Kier molecular flexibility index (Phi) is 4.70. The van der Waals surface area contributed by atoms with E-state index in [2.05, 4.69) is 5.32 Å². The summed E-state index contributed by atoms with van der Waals surface area (Å²) in [6.45, 7) is 4.98. The molecule has 5 nitrogen and oxygen atoms in total. The van der Waals surface area contributed by atoms with E-state index in [9.17, 15) is 19.1 Å². The smallest absolute Gasteiger partial charge is 0.316 e. The lowest BCUT2D eigenvalue weighted by Crippen LogP contribution is -2.39. The molecule has 0 radical (unpaired) electrons.